The van der Waals surface area contributed by atoms with Crippen molar-refractivity contribution in [1.82, 2.24) is 4.90 Å². The first kappa shape index (κ1) is 19.8. The predicted molar refractivity (Wildman–Crippen MR) is 118 cm³/mol. The van der Waals surface area contributed by atoms with Crippen molar-refractivity contribution >= 4 is 38.4 Å². The van der Waals surface area contributed by atoms with Gasteiger partial charge in [0.15, 0.2) is 15.0 Å². The first-order chi connectivity index (χ1) is 13.3. The maximum atomic E-state index is 12.1. The fourth-order valence-electron chi connectivity index (χ4n) is 3.72. The van der Waals surface area contributed by atoms with Crippen molar-refractivity contribution in [3.63, 3.8) is 0 Å². The van der Waals surface area contributed by atoms with Crippen LogP contribution in [0.3, 0.4) is 0 Å². The fraction of sp³-hybridized carbons (Fsp3) is 0.381. The average Bonchev–Trinajstić information content (AvgIpc) is 3.10. The van der Waals surface area contributed by atoms with Gasteiger partial charge in [-0.3, -0.25) is 4.99 Å². The largest absolute Gasteiger partial charge is 0.341 e. The topological polar surface area (TPSA) is 49.7 Å². The normalized spacial score (nSPS) is 23.0. The van der Waals surface area contributed by atoms with Gasteiger partial charge in [0.05, 0.1) is 23.6 Å². The zero-order chi connectivity index (χ0) is 19.9. The molecule has 1 saturated heterocycles. The van der Waals surface area contributed by atoms with Crippen molar-refractivity contribution in [1.29, 1.82) is 0 Å². The standard InChI is InChI=1S/C21H23ClN2O2S2/c1-14-3-4-17(9-15(14)2)11-27-21-23-19-12-28(25,26)13-20(19)24(21)10-16-5-7-18(22)8-6-16/h3-9,19-20H,10-13H2,1-2H3/t19-,20-/m1/s1. The van der Waals surface area contributed by atoms with Crippen molar-refractivity contribution in [2.24, 2.45) is 4.99 Å². The van der Waals surface area contributed by atoms with Crippen LogP contribution in [0.2, 0.25) is 5.02 Å². The lowest BCUT2D eigenvalue weighted by molar-refractivity contribution is 0.343. The van der Waals surface area contributed by atoms with Gasteiger partial charge in [0, 0.05) is 17.3 Å². The third kappa shape index (κ3) is 4.24. The molecule has 0 unspecified atom stereocenters. The molecule has 2 atom stereocenters. The summed E-state index contributed by atoms with van der Waals surface area (Å²) >= 11 is 7.70. The van der Waals surface area contributed by atoms with E-state index in [1.165, 1.54) is 16.7 Å². The lowest BCUT2D eigenvalue weighted by Gasteiger charge is -2.26. The third-order valence-corrected chi connectivity index (χ3v) is 8.45. The maximum Gasteiger partial charge on any atom is 0.160 e. The van der Waals surface area contributed by atoms with E-state index in [-0.39, 0.29) is 23.6 Å². The van der Waals surface area contributed by atoms with Crippen molar-refractivity contribution in [3.05, 3.63) is 69.7 Å². The van der Waals surface area contributed by atoms with Crippen LogP contribution in [0.15, 0.2) is 47.5 Å². The van der Waals surface area contributed by atoms with E-state index in [9.17, 15) is 8.42 Å². The van der Waals surface area contributed by atoms with Crippen LogP contribution in [-0.2, 0) is 22.1 Å². The second-order valence-electron chi connectivity index (χ2n) is 7.58. The van der Waals surface area contributed by atoms with E-state index < -0.39 is 9.84 Å². The van der Waals surface area contributed by atoms with Gasteiger partial charge in [-0.25, -0.2) is 8.42 Å². The van der Waals surface area contributed by atoms with Gasteiger partial charge >= 0.3 is 0 Å². The molecule has 0 spiro atoms. The molecule has 148 valence electrons. The molecule has 0 saturated carbocycles. The highest BCUT2D eigenvalue weighted by atomic mass is 35.5. The Kier molecular flexibility index (Phi) is 5.47. The van der Waals surface area contributed by atoms with Crippen molar-refractivity contribution in [2.75, 3.05) is 11.5 Å². The number of rotatable bonds is 4. The minimum atomic E-state index is -3.02. The number of thioether (sulfide) groups is 1. The number of sulfone groups is 1. The van der Waals surface area contributed by atoms with Crippen LogP contribution in [0.25, 0.3) is 0 Å². The third-order valence-electron chi connectivity index (χ3n) is 5.42. The van der Waals surface area contributed by atoms with Gasteiger partial charge < -0.3 is 4.90 Å². The molecule has 0 radical (unpaired) electrons. The van der Waals surface area contributed by atoms with Gasteiger partial charge in [0.25, 0.3) is 0 Å². The summed E-state index contributed by atoms with van der Waals surface area (Å²) in [6.07, 6.45) is 0. The number of benzene rings is 2. The molecule has 2 aromatic carbocycles. The SMILES string of the molecule is Cc1ccc(CSC2=N[C@@H]3CS(=O)(=O)C[C@H]3N2Cc2ccc(Cl)cc2)cc1C. The van der Waals surface area contributed by atoms with Gasteiger partial charge in [-0.2, -0.15) is 0 Å². The van der Waals surface area contributed by atoms with E-state index in [1.54, 1.807) is 11.8 Å². The molecular formula is C21H23ClN2O2S2. The predicted octanol–water partition coefficient (Wildman–Crippen LogP) is 4.23. The Morgan fingerprint density at radius 1 is 1.07 bits per heavy atom. The second kappa shape index (κ2) is 7.73. The molecule has 0 amide bonds. The van der Waals surface area contributed by atoms with Crippen molar-refractivity contribution in [2.45, 2.75) is 38.2 Å². The Morgan fingerprint density at radius 3 is 2.50 bits per heavy atom. The summed E-state index contributed by atoms with van der Waals surface area (Å²) in [5.74, 6) is 1.16. The van der Waals surface area contributed by atoms with Gasteiger partial charge in [0.2, 0.25) is 0 Å². The summed E-state index contributed by atoms with van der Waals surface area (Å²) in [5.41, 5.74) is 4.93. The number of aryl methyl sites for hydroxylation is 2. The zero-order valence-electron chi connectivity index (χ0n) is 15.9. The molecule has 2 aromatic rings. The summed E-state index contributed by atoms with van der Waals surface area (Å²) < 4.78 is 24.2. The van der Waals surface area contributed by atoms with Gasteiger partial charge in [-0.05, 0) is 48.2 Å². The van der Waals surface area contributed by atoms with E-state index in [1.807, 2.05) is 24.3 Å². The highest BCUT2D eigenvalue weighted by molar-refractivity contribution is 8.13. The monoisotopic (exact) mass is 434 g/mol. The van der Waals surface area contributed by atoms with E-state index >= 15 is 0 Å². The summed E-state index contributed by atoms with van der Waals surface area (Å²) in [5, 5.41) is 1.64. The summed E-state index contributed by atoms with van der Waals surface area (Å²) in [6.45, 7) is 4.88. The van der Waals surface area contributed by atoms with E-state index in [0.29, 0.717) is 11.6 Å². The Labute approximate surface area is 175 Å². The molecule has 7 heteroatoms. The Morgan fingerprint density at radius 2 is 1.79 bits per heavy atom. The molecule has 2 heterocycles. The van der Waals surface area contributed by atoms with Gasteiger partial charge in [-0.1, -0.05) is 53.7 Å². The fourth-order valence-corrected chi connectivity index (χ4v) is 6.77. The van der Waals surface area contributed by atoms with Gasteiger partial charge in [0.1, 0.15) is 0 Å². The van der Waals surface area contributed by atoms with Crippen LogP contribution in [0.1, 0.15) is 22.3 Å². The molecule has 0 N–H and O–H groups in total. The van der Waals surface area contributed by atoms with Crippen LogP contribution in [-0.4, -0.2) is 42.1 Å². The molecule has 0 aromatic heterocycles. The minimum Gasteiger partial charge on any atom is -0.341 e. The number of amidine groups is 1. The van der Waals surface area contributed by atoms with E-state index in [4.69, 9.17) is 16.6 Å². The number of fused-ring (bicyclic) bond motifs is 1. The van der Waals surface area contributed by atoms with E-state index in [0.717, 1.165) is 16.5 Å². The van der Waals surface area contributed by atoms with Crippen LogP contribution in [0.5, 0.6) is 0 Å². The average molecular weight is 435 g/mol. The molecule has 0 aliphatic carbocycles. The summed E-state index contributed by atoms with van der Waals surface area (Å²) in [6, 6.07) is 14.0. The summed E-state index contributed by atoms with van der Waals surface area (Å²) in [4.78, 5) is 6.97. The lowest BCUT2D eigenvalue weighted by Crippen LogP contribution is -2.38. The molecular weight excluding hydrogens is 412 g/mol. The Bertz CT molecular complexity index is 1020. The van der Waals surface area contributed by atoms with Gasteiger partial charge in [-0.15, -0.1) is 0 Å². The number of hydrogen-bond donors (Lipinski definition) is 0. The molecule has 4 nitrogen and oxygen atoms in total. The number of halogens is 1. The number of hydrogen-bond acceptors (Lipinski definition) is 5. The molecule has 2 aliphatic heterocycles. The quantitative estimate of drug-likeness (QED) is 0.722. The molecule has 1 fully saturated rings. The molecule has 28 heavy (non-hydrogen) atoms. The second-order valence-corrected chi connectivity index (χ2v) is 11.1. The minimum absolute atomic E-state index is 0.0667. The van der Waals surface area contributed by atoms with Crippen LogP contribution in [0, 0.1) is 13.8 Å². The van der Waals surface area contributed by atoms with Crippen LogP contribution < -0.4 is 0 Å². The number of nitrogens with zero attached hydrogens (tertiary/aromatic N) is 2. The summed E-state index contributed by atoms with van der Waals surface area (Å²) in [7, 11) is -3.02. The zero-order valence-corrected chi connectivity index (χ0v) is 18.3. The molecule has 2 aliphatic rings. The van der Waals surface area contributed by atoms with Crippen molar-refractivity contribution in [3.8, 4) is 0 Å². The smallest absolute Gasteiger partial charge is 0.160 e. The first-order valence-electron chi connectivity index (χ1n) is 9.29. The highest BCUT2D eigenvalue weighted by Crippen LogP contribution is 2.33. The van der Waals surface area contributed by atoms with Crippen molar-refractivity contribution < 1.29 is 8.42 Å². The number of aliphatic imine (C=N–C) groups is 1. The van der Waals surface area contributed by atoms with Crippen LogP contribution >= 0.6 is 23.4 Å². The maximum absolute atomic E-state index is 12.1. The Hall–Kier alpha value is -1.50. The lowest BCUT2D eigenvalue weighted by atomic mass is 10.1. The highest BCUT2D eigenvalue weighted by Gasteiger charge is 2.46. The Balaban J connectivity index is 1.54. The first-order valence-corrected chi connectivity index (χ1v) is 12.5. The van der Waals surface area contributed by atoms with Crippen LogP contribution in [0.4, 0.5) is 0 Å². The van der Waals surface area contributed by atoms with E-state index in [2.05, 4.69) is 36.9 Å². The molecule has 4 rings (SSSR count). The molecule has 0 bridgehead atoms.